The lowest BCUT2D eigenvalue weighted by Crippen LogP contribution is -2.32. The van der Waals surface area contributed by atoms with E-state index in [-0.39, 0.29) is 11.7 Å². The Labute approximate surface area is 103 Å². The van der Waals surface area contributed by atoms with Crippen molar-refractivity contribution in [2.45, 2.75) is 12.8 Å². The van der Waals surface area contributed by atoms with Crippen LogP contribution in [0.2, 0.25) is 0 Å². The van der Waals surface area contributed by atoms with Crippen LogP contribution < -0.4 is 5.32 Å². The molecule has 0 aliphatic carbocycles. The van der Waals surface area contributed by atoms with Gasteiger partial charge in [-0.05, 0) is 31.0 Å². The van der Waals surface area contributed by atoms with E-state index in [0.29, 0.717) is 13.1 Å². The minimum atomic E-state index is -1.36. The standard InChI is InChI=1S/C12H13FN2O3/c13-10-4-3-8(7-9(10)11(16)17)14-12(18)15-5-1-2-6-15/h3-4,7H,1-2,5-6H2,(H,14,18)(H,16,17). The first-order chi connectivity index (χ1) is 8.58. The Balaban J connectivity index is 2.11. The van der Waals surface area contributed by atoms with E-state index in [4.69, 9.17) is 5.11 Å². The van der Waals surface area contributed by atoms with Gasteiger partial charge in [0.2, 0.25) is 0 Å². The molecule has 0 bridgehead atoms. The molecular formula is C12H13FN2O3. The number of carboxylic acids is 1. The molecule has 2 rings (SSSR count). The van der Waals surface area contributed by atoms with Gasteiger partial charge in [-0.15, -0.1) is 0 Å². The van der Waals surface area contributed by atoms with Gasteiger partial charge in [-0.2, -0.15) is 0 Å². The van der Waals surface area contributed by atoms with E-state index in [1.165, 1.54) is 6.07 Å². The highest BCUT2D eigenvalue weighted by Gasteiger charge is 2.18. The minimum absolute atomic E-state index is 0.282. The first kappa shape index (κ1) is 12.3. The summed E-state index contributed by atoms with van der Waals surface area (Å²) in [5, 5.41) is 11.3. The molecule has 2 N–H and O–H groups in total. The Kier molecular flexibility index (Phi) is 3.45. The van der Waals surface area contributed by atoms with Gasteiger partial charge in [0.1, 0.15) is 5.82 Å². The number of hydrogen-bond acceptors (Lipinski definition) is 2. The normalized spacial score (nSPS) is 14.6. The van der Waals surface area contributed by atoms with Crippen LogP contribution in [0.3, 0.4) is 0 Å². The lowest BCUT2D eigenvalue weighted by Gasteiger charge is -2.16. The molecule has 1 aliphatic heterocycles. The fourth-order valence-electron chi connectivity index (χ4n) is 1.89. The summed E-state index contributed by atoms with van der Waals surface area (Å²) in [6, 6.07) is 3.21. The SMILES string of the molecule is O=C(O)c1cc(NC(=O)N2CCCC2)ccc1F. The van der Waals surface area contributed by atoms with E-state index >= 15 is 0 Å². The van der Waals surface area contributed by atoms with Crippen molar-refractivity contribution in [3.8, 4) is 0 Å². The average Bonchev–Trinajstić information content (AvgIpc) is 2.85. The van der Waals surface area contributed by atoms with Gasteiger partial charge in [-0.1, -0.05) is 0 Å². The number of anilines is 1. The monoisotopic (exact) mass is 252 g/mol. The predicted octanol–water partition coefficient (Wildman–Crippen LogP) is 2.15. The van der Waals surface area contributed by atoms with E-state index in [1.54, 1.807) is 4.90 Å². The van der Waals surface area contributed by atoms with Gasteiger partial charge < -0.3 is 15.3 Å². The van der Waals surface area contributed by atoms with Gasteiger partial charge in [0.15, 0.2) is 0 Å². The highest BCUT2D eigenvalue weighted by molar-refractivity contribution is 5.93. The molecule has 0 spiro atoms. The first-order valence-electron chi connectivity index (χ1n) is 5.66. The topological polar surface area (TPSA) is 69.6 Å². The third kappa shape index (κ3) is 2.58. The molecular weight excluding hydrogens is 239 g/mol. The summed E-state index contributed by atoms with van der Waals surface area (Å²) < 4.78 is 13.2. The summed E-state index contributed by atoms with van der Waals surface area (Å²) >= 11 is 0. The minimum Gasteiger partial charge on any atom is -0.478 e. The van der Waals surface area contributed by atoms with Gasteiger partial charge in [0, 0.05) is 18.8 Å². The second-order valence-electron chi connectivity index (χ2n) is 4.12. The van der Waals surface area contributed by atoms with E-state index in [1.807, 2.05) is 0 Å². The Hall–Kier alpha value is -2.11. The Morgan fingerprint density at radius 2 is 1.94 bits per heavy atom. The summed E-state index contributed by atoms with van der Waals surface area (Å²) in [7, 11) is 0. The van der Waals surface area contributed by atoms with Crippen molar-refractivity contribution in [1.82, 2.24) is 4.90 Å². The molecule has 1 aliphatic rings. The van der Waals surface area contributed by atoms with Crippen molar-refractivity contribution < 1.29 is 19.1 Å². The summed E-state index contributed by atoms with van der Waals surface area (Å²) in [6.07, 6.45) is 1.94. The third-order valence-electron chi connectivity index (χ3n) is 2.84. The molecule has 18 heavy (non-hydrogen) atoms. The quantitative estimate of drug-likeness (QED) is 0.847. The molecule has 1 fully saturated rings. The van der Waals surface area contributed by atoms with Gasteiger partial charge in [-0.3, -0.25) is 0 Å². The maximum absolute atomic E-state index is 13.2. The molecule has 0 atom stereocenters. The lowest BCUT2D eigenvalue weighted by molar-refractivity contribution is 0.0692. The third-order valence-corrected chi connectivity index (χ3v) is 2.84. The molecule has 0 unspecified atom stereocenters. The highest BCUT2D eigenvalue weighted by Crippen LogP contribution is 2.16. The molecule has 6 heteroatoms. The molecule has 0 radical (unpaired) electrons. The Morgan fingerprint density at radius 1 is 1.28 bits per heavy atom. The van der Waals surface area contributed by atoms with Crippen LogP contribution in [0.4, 0.5) is 14.9 Å². The number of hydrogen-bond donors (Lipinski definition) is 2. The van der Waals surface area contributed by atoms with Crippen molar-refractivity contribution in [3.63, 3.8) is 0 Å². The number of likely N-dealkylation sites (tertiary alicyclic amines) is 1. The first-order valence-corrected chi connectivity index (χ1v) is 5.66. The zero-order valence-electron chi connectivity index (χ0n) is 9.65. The van der Waals surface area contributed by atoms with Crippen molar-refractivity contribution >= 4 is 17.7 Å². The summed E-state index contributed by atoms with van der Waals surface area (Å²) in [6.45, 7) is 1.39. The molecule has 1 heterocycles. The molecule has 1 saturated heterocycles. The molecule has 96 valence electrons. The number of nitrogens with one attached hydrogen (secondary N) is 1. The Bertz CT molecular complexity index is 484. The van der Waals surface area contributed by atoms with E-state index in [2.05, 4.69) is 5.32 Å². The number of aromatic carboxylic acids is 1. The molecule has 1 aromatic rings. The van der Waals surface area contributed by atoms with E-state index in [0.717, 1.165) is 25.0 Å². The summed E-state index contributed by atoms with van der Waals surface area (Å²) in [5.41, 5.74) is -0.167. The Morgan fingerprint density at radius 3 is 2.56 bits per heavy atom. The zero-order valence-corrected chi connectivity index (χ0v) is 9.65. The van der Waals surface area contributed by atoms with Crippen LogP contribution in [0.5, 0.6) is 0 Å². The van der Waals surface area contributed by atoms with Crippen LogP contribution in [-0.2, 0) is 0 Å². The summed E-state index contributed by atoms with van der Waals surface area (Å²) in [4.78, 5) is 24.1. The van der Waals surface area contributed by atoms with Crippen LogP contribution >= 0.6 is 0 Å². The molecule has 1 aromatic carbocycles. The number of rotatable bonds is 2. The number of benzene rings is 1. The van der Waals surface area contributed by atoms with Crippen molar-refractivity contribution in [3.05, 3.63) is 29.6 Å². The van der Waals surface area contributed by atoms with Crippen LogP contribution in [0.25, 0.3) is 0 Å². The molecule has 0 saturated carbocycles. The van der Waals surface area contributed by atoms with E-state index < -0.39 is 17.3 Å². The number of carbonyl (C=O) groups excluding carboxylic acids is 1. The van der Waals surface area contributed by atoms with Crippen LogP contribution in [0, 0.1) is 5.82 Å². The molecule has 2 amide bonds. The van der Waals surface area contributed by atoms with Crippen LogP contribution in [0.15, 0.2) is 18.2 Å². The number of carbonyl (C=O) groups is 2. The van der Waals surface area contributed by atoms with Gasteiger partial charge >= 0.3 is 12.0 Å². The average molecular weight is 252 g/mol. The largest absolute Gasteiger partial charge is 0.478 e. The second kappa shape index (κ2) is 5.03. The molecule has 5 nitrogen and oxygen atoms in total. The number of carboxylic acid groups (broad SMARTS) is 1. The summed E-state index contributed by atoms with van der Waals surface area (Å²) in [5.74, 6) is -2.17. The maximum atomic E-state index is 13.2. The highest BCUT2D eigenvalue weighted by atomic mass is 19.1. The van der Waals surface area contributed by atoms with Crippen molar-refractivity contribution in [2.24, 2.45) is 0 Å². The molecule has 0 aromatic heterocycles. The van der Waals surface area contributed by atoms with Crippen molar-refractivity contribution in [2.75, 3.05) is 18.4 Å². The van der Waals surface area contributed by atoms with Gasteiger partial charge in [0.25, 0.3) is 0 Å². The zero-order chi connectivity index (χ0) is 13.1. The number of nitrogens with zero attached hydrogens (tertiary/aromatic N) is 1. The van der Waals surface area contributed by atoms with Gasteiger partial charge in [-0.25, -0.2) is 14.0 Å². The number of amides is 2. The van der Waals surface area contributed by atoms with Crippen LogP contribution in [0.1, 0.15) is 23.2 Å². The van der Waals surface area contributed by atoms with Gasteiger partial charge in [0.05, 0.1) is 5.56 Å². The van der Waals surface area contributed by atoms with Crippen molar-refractivity contribution in [1.29, 1.82) is 0 Å². The van der Waals surface area contributed by atoms with E-state index in [9.17, 15) is 14.0 Å². The number of urea groups is 1. The lowest BCUT2D eigenvalue weighted by atomic mass is 10.2. The number of halogens is 1. The fraction of sp³-hybridized carbons (Fsp3) is 0.333. The fourth-order valence-corrected chi connectivity index (χ4v) is 1.89. The smallest absolute Gasteiger partial charge is 0.338 e. The second-order valence-corrected chi connectivity index (χ2v) is 4.12. The maximum Gasteiger partial charge on any atom is 0.338 e. The van der Waals surface area contributed by atoms with Crippen LogP contribution in [-0.4, -0.2) is 35.1 Å². The predicted molar refractivity (Wildman–Crippen MR) is 63.2 cm³/mol.